The first-order chi connectivity index (χ1) is 8.12. The summed E-state index contributed by atoms with van der Waals surface area (Å²) in [6.45, 7) is 0. The van der Waals surface area contributed by atoms with Crippen molar-refractivity contribution < 1.29 is 31.1 Å². The summed E-state index contributed by atoms with van der Waals surface area (Å²) in [5, 5.41) is 0. The lowest BCUT2D eigenvalue weighted by Gasteiger charge is -2.12. The summed E-state index contributed by atoms with van der Waals surface area (Å²) in [4.78, 5) is 13.3. The van der Waals surface area contributed by atoms with Crippen LogP contribution in [0, 0.1) is 0 Å². The van der Waals surface area contributed by atoms with Crippen LogP contribution >= 0.6 is 0 Å². The smallest absolute Gasteiger partial charge is 0.267 e. The molecule has 0 unspecified atom stereocenters. The molecule has 0 spiro atoms. The van der Waals surface area contributed by atoms with Crippen LogP contribution in [0.5, 0.6) is 0 Å². The average Bonchev–Trinajstić information content (AvgIpc) is 2.23. The van der Waals surface area contributed by atoms with E-state index in [4.69, 9.17) is 0 Å². The van der Waals surface area contributed by atoms with Gasteiger partial charge in [-0.05, 0) is 12.1 Å². The zero-order valence-corrected chi connectivity index (χ0v) is 8.51. The molecule has 0 atom stereocenters. The monoisotopic (exact) mass is 269 g/mol. The molecule has 2 nitrogen and oxygen atoms in total. The van der Waals surface area contributed by atoms with Crippen molar-refractivity contribution in [3.63, 3.8) is 0 Å². The third-order valence-electron chi connectivity index (χ3n) is 1.77. The second kappa shape index (κ2) is 4.79. The highest BCUT2D eigenvalue weighted by atomic mass is 19.4. The fourth-order valence-corrected chi connectivity index (χ4v) is 1.03. The van der Waals surface area contributed by atoms with E-state index in [1.165, 1.54) is 18.2 Å². The van der Waals surface area contributed by atoms with Crippen LogP contribution in [0.15, 0.2) is 35.3 Å². The van der Waals surface area contributed by atoms with Gasteiger partial charge >= 0.3 is 12.4 Å². The Balaban J connectivity index is 3.16. The number of halogens is 6. The first-order valence-corrected chi connectivity index (χ1v) is 4.45. The molecule has 0 saturated heterocycles. The van der Waals surface area contributed by atoms with E-state index in [0.29, 0.717) is 0 Å². The minimum Gasteiger partial charge on any atom is -0.267 e. The van der Waals surface area contributed by atoms with Crippen LogP contribution in [0.2, 0.25) is 0 Å². The van der Waals surface area contributed by atoms with Crippen LogP contribution in [-0.4, -0.2) is 24.0 Å². The molecule has 8 heteroatoms. The molecule has 1 amide bonds. The lowest BCUT2D eigenvalue weighted by Crippen LogP contribution is -2.37. The van der Waals surface area contributed by atoms with E-state index in [1.807, 2.05) is 0 Å². The van der Waals surface area contributed by atoms with Crippen LogP contribution in [-0.2, 0) is 0 Å². The Labute approximate surface area is 96.9 Å². The van der Waals surface area contributed by atoms with Crippen LogP contribution < -0.4 is 0 Å². The lowest BCUT2D eigenvalue weighted by molar-refractivity contribution is -0.117. The molecule has 0 heterocycles. The molecule has 1 aromatic carbocycles. The van der Waals surface area contributed by atoms with Gasteiger partial charge < -0.3 is 0 Å². The standard InChI is InChI=1S/C10H5F6NO/c11-9(12,13)8(10(14,15)16)17-7(18)6-4-2-1-3-5-6/h1-5H. The summed E-state index contributed by atoms with van der Waals surface area (Å²) < 4.78 is 72.5. The molecule has 98 valence electrons. The highest BCUT2D eigenvalue weighted by molar-refractivity contribution is 6.07. The Kier molecular flexibility index (Phi) is 3.78. The van der Waals surface area contributed by atoms with Crippen molar-refractivity contribution in [3.05, 3.63) is 35.9 Å². The molecule has 0 fully saturated rings. The first-order valence-electron chi connectivity index (χ1n) is 4.45. The van der Waals surface area contributed by atoms with Crippen LogP contribution in [0.1, 0.15) is 10.4 Å². The van der Waals surface area contributed by atoms with E-state index in [9.17, 15) is 31.1 Å². The summed E-state index contributed by atoms with van der Waals surface area (Å²) in [5.41, 5.74) is -3.42. The Hall–Kier alpha value is -1.86. The van der Waals surface area contributed by atoms with Gasteiger partial charge in [0.2, 0.25) is 5.71 Å². The van der Waals surface area contributed by atoms with Crippen molar-refractivity contribution in [2.24, 2.45) is 4.99 Å². The number of nitrogens with zero attached hydrogens (tertiary/aromatic N) is 1. The molecule has 0 aliphatic rings. The molecule has 18 heavy (non-hydrogen) atoms. The van der Waals surface area contributed by atoms with E-state index < -0.39 is 24.0 Å². The number of carbonyl (C=O) groups excluding carboxylic acids is 1. The number of carbonyl (C=O) groups is 1. The van der Waals surface area contributed by atoms with E-state index in [1.54, 1.807) is 0 Å². The molecule has 0 bridgehead atoms. The Morgan fingerprint density at radius 3 is 1.72 bits per heavy atom. The zero-order valence-electron chi connectivity index (χ0n) is 8.51. The van der Waals surface area contributed by atoms with Gasteiger partial charge in [-0.25, -0.2) is 0 Å². The molecule has 0 radical (unpaired) electrons. The van der Waals surface area contributed by atoms with E-state index in [-0.39, 0.29) is 5.56 Å². The van der Waals surface area contributed by atoms with Gasteiger partial charge in [0.15, 0.2) is 0 Å². The third-order valence-corrected chi connectivity index (χ3v) is 1.77. The van der Waals surface area contributed by atoms with Crippen molar-refractivity contribution in [3.8, 4) is 0 Å². The lowest BCUT2D eigenvalue weighted by atomic mass is 10.2. The van der Waals surface area contributed by atoms with Crippen molar-refractivity contribution in [1.29, 1.82) is 0 Å². The number of hydrogen-bond acceptors (Lipinski definition) is 1. The quantitative estimate of drug-likeness (QED) is 0.567. The fraction of sp³-hybridized carbons (Fsp3) is 0.200. The van der Waals surface area contributed by atoms with Crippen molar-refractivity contribution in [2.75, 3.05) is 0 Å². The molecular formula is C10H5F6NO. The highest BCUT2D eigenvalue weighted by Crippen LogP contribution is 2.30. The maximum atomic E-state index is 12.1. The van der Waals surface area contributed by atoms with E-state index in [0.717, 1.165) is 12.1 Å². The van der Waals surface area contributed by atoms with Gasteiger partial charge in [-0.1, -0.05) is 18.2 Å². The normalized spacial score (nSPS) is 12.1. The maximum absolute atomic E-state index is 12.1. The summed E-state index contributed by atoms with van der Waals surface area (Å²) in [7, 11) is 0. The Morgan fingerprint density at radius 1 is 0.889 bits per heavy atom. The van der Waals surface area contributed by atoms with Crippen molar-refractivity contribution >= 4 is 11.6 Å². The van der Waals surface area contributed by atoms with Crippen molar-refractivity contribution in [2.45, 2.75) is 12.4 Å². The van der Waals surface area contributed by atoms with Gasteiger partial charge in [0.1, 0.15) is 0 Å². The van der Waals surface area contributed by atoms with Gasteiger partial charge in [0.25, 0.3) is 5.91 Å². The van der Waals surface area contributed by atoms with Gasteiger partial charge in [-0.2, -0.15) is 31.3 Å². The Morgan fingerprint density at radius 2 is 1.33 bits per heavy atom. The first kappa shape index (κ1) is 14.2. The number of rotatable bonds is 1. The summed E-state index contributed by atoms with van der Waals surface area (Å²) >= 11 is 0. The largest absolute Gasteiger partial charge is 0.438 e. The molecular weight excluding hydrogens is 264 g/mol. The number of amides is 1. The number of hydrogen-bond donors (Lipinski definition) is 0. The minimum absolute atomic E-state index is 0.358. The minimum atomic E-state index is -5.73. The second-order valence-corrected chi connectivity index (χ2v) is 3.13. The van der Waals surface area contributed by atoms with E-state index in [2.05, 4.69) is 4.99 Å². The zero-order chi connectivity index (χ0) is 14.0. The van der Waals surface area contributed by atoms with Crippen LogP contribution in [0.25, 0.3) is 0 Å². The fourth-order valence-electron chi connectivity index (χ4n) is 1.03. The molecule has 1 aromatic rings. The summed E-state index contributed by atoms with van der Waals surface area (Å²) in [6, 6.07) is 6.18. The molecule has 0 aliphatic heterocycles. The summed E-state index contributed by atoms with van der Waals surface area (Å²) in [6.07, 6.45) is -11.5. The molecule has 0 N–H and O–H groups in total. The van der Waals surface area contributed by atoms with Crippen LogP contribution in [0.3, 0.4) is 0 Å². The second-order valence-electron chi connectivity index (χ2n) is 3.13. The average molecular weight is 269 g/mol. The molecule has 0 saturated carbocycles. The molecule has 0 aliphatic carbocycles. The van der Waals surface area contributed by atoms with Gasteiger partial charge in [0, 0.05) is 5.56 Å². The molecule has 1 rings (SSSR count). The topological polar surface area (TPSA) is 29.4 Å². The van der Waals surface area contributed by atoms with Gasteiger partial charge in [-0.15, -0.1) is 0 Å². The summed E-state index contributed by atoms with van der Waals surface area (Å²) in [5.74, 6) is -1.60. The predicted molar refractivity (Wildman–Crippen MR) is 50.3 cm³/mol. The number of benzene rings is 1. The van der Waals surface area contributed by atoms with Gasteiger partial charge in [0.05, 0.1) is 0 Å². The third kappa shape index (κ3) is 3.57. The van der Waals surface area contributed by atoms with Crippen molar-refractivity contribution in [1.82, 2.24) is 0 Å². The number of aliphatic imine (C=N–C) groups is 1. The number of alkyl halides is 6. The van der Waals surface area contributed by atoms with Crippen LogP contribution in [0.4, 0.5) is 26.3 Å². The van der Waals surface area contributed by atoms with Gasteiger partial charge in [-0.3, -0.25) is 4.79 Å². The predicted octanol–water partition coefficient (Wildman–Crippen LogP) is 3.39. The molecule has 0 aromatic heterocycles. The highest BCUT2D eigenvalue weighted by Gasteiger charge is 2.53. The SMILES string of the molecule is O=C(N=C(C(F)(F)F)C(F)(F)F)c1ccccc1. The van der Waals surface area contributed by atoms with E-state index >= 15 is 0 Å². The Bertz CT molecular complexity index is 443. The maximum Gasteiger partial charge on any atom is 0.438 e.